The van der Waals surface area contributed by atoms with Crippen LogP contribution in [-0.4, -0.2) is 19.2 Å². The lowest BCUT2D eigenvalue weighted by Crippen LogP contribution is -2.13. The Hall–Kier alpha value is -1.71. The highest BCUT2D eigenvalue weighted by Crippen LogP contribution is 2.14. The van der Waals surface area contributed by atoms with Gasteiger partial charge in [-0.15, -0.1) is 0 Å². The van der Waals surface area contributed by atoms with Gasteiger partial charge in [0.1, 0.15) is 0 Å². The predicted octanol–water partition coefficient (Wildman–Crippen LogP) is 4.25. The van der Waals surface area contributed by atoms with Crippen LogP contribution in [0.2, 0.25) is 0 Å². The van der Waals surface area contributed by atoms with Gasteiger partial charge in [0, 0.05) is 17.9 Å². The molecule has 0 saturated carbocycles. The molecule has 0 bridgehead atoms. The SMILES string of the molecule is CCCCCCNc1ccc(NC(=O)OCC)cc1. The number of rotatable bonds is 8. The van der Waals surface area contributed by atoms with Crippen LogP contribution >= 0.6 is 0 Å². The molecule has 0 saturated heterocycles. The molecule has 0 unspecified atom stereocenters. The van der Waals surface area contributed by atoms with E-state index in [2.05, 4.69) is 17.6 Å². The Morgan fingerprint density at radius 3 is 2.37 bits per heavy atom. The van der Waals surface area contributed by atoms with Crippen LogP contribution in [0.25, 0.3) is 0 Å². The van der Waals surface area contributed by atoms with Gasteiger partial charge >= 0.3 is 6.09 Å². The van der Waals surface area contributed by atoms with Gasteiger partial charge in [0.15, 0.2) is 0 Å². The van der Waals surface area contributed by atoms with Gasteiger partial charge in [-0.3, -0.25) is 5.32 Å². The van der Waals surface area contributed by atoms with E-state index in [1.54, 1.807) is 6.92 Å². The average molecular weight is 264 g/mol. The van der Waals surface area contributed by atoms with Gasteiger partial charge in [-0.1, -0.05) is 26.2 Å². The summed E-state index contributed by atoms with van der Waals surface area (Å²) in [6.45, 7) is 5.36. The van der Waals surface area contributed by atoms with E-state index in [9.17, 15) is 4.79 Å². The van der Waals surface area contributed by atoms with Crippen molar-refractivity contribution in [1.29, 1.82) is 0 Å². The number of carbonyl (C=O) groups is 1. The van der Waals surface area contributed by atoms with Crippen LogP contribution in [0.1, 0.15) is 39.5 Å². The fraction of sp³-hybridized carbons (Fsp3) is 0.533. The summed E-state index contributed by atoms with van der Waals surface area (Å²) in [6, 6.07) is 7.65. The van der Waals surface area contributed by atoms with E-state index in [1.165, 1.54) is 25.7 Å². The molecular formula is C15H24N2O2. The maximum atomic E-state index is 11.2. The van der Waals surface area contributed by atoms with Crippen LogP contribution in [-0.2, 0) is 4.74 Å². The number of benzene rings is 1. The molecule has 0 aliphatic rings. The van der Waals surface area contributed by atoms with E-state index in [-0.39, 0.29) is 0 Å². The van der Waals surface area contributed by atoms with Crippen molar-refractivity contribution in [3.05, 3.63) is 24.3 Å². The number of nitrogens with one attached hydrogen (secondary N) is 2. The normalized spacial score (nSPS) is 10.0. The number of amides is 1. The van der Waals surface area contributed by atoms with Gasteiger partial charge in [-0.2, -0.15) is 0 Å². The minimum Gasteiger partial charge on any atom is -0.450 e. The molecule has 0 spiro atoms. The molecule has 0 aliphatic carbocycles. The number of unbranched alkanes of at least 4 members (excludes halogenated alkanes) is 3. The zero-order valence-electron chi connectivity index (χ0n) is 11.9. The molecule has 0 fully saturated rings. The van der Waals surface area contributed by atoms with Crippen LogP contribution in [0.5, 0.6) is 0 Å². The summed E-state index contributed by atoms with van der Waals surface area (Å²) in [7, 11) is 0. The van der Waals surface area contributed by atoms with Crippen LogP contribution in [0.4, 0.5) is 16.2 Å². The summed E-state index contributed by atoms with van der Waals surface area (Å²) < 4.78 is 4.81. The third kappa shape index (κ3) is 6.70. The van der Waals surface area contributed by atoms with Crippen molar-refractivity contribution < 1.29 is 9.53 Å². The minimum atomic E-state index is -0.414. The maximum Gasteiger partial charge on any atom is 0.411 e. The Morgan fingerprint density at radius 2 is 1.74 bits per heavy atom. The van der Waals surface area contributed by atoms with Crippen molar-refractivity contribution in [2.75, 3.05) is 23.8 Å². The van der Waals surface area contributed by atoms with Gasteiger partial charge in [-0.25, -0.2) is 4.79 Å². The fourth-order valence-electron chi connectivity index (χ4n) is 1.74. The van der Waals surface area contributed by atoms with Crippen molar-refractivity contribution in [2.24, 2.45) is 0 Å². The highest BCUT2D eigenvalue weighted by molar-refractivity contribution is 5.84. The van der Waals surface area contributed by atoms with Crippen molar-refractivity contribution in [1.82, 2.24) is 0 Å². The second-order valence-electron chi connectivity index (χ2n) is 4.41. The van der Waals surface area contributed by atoms with Crippen molar-refractivity contribution in [3.63, 3.8) is 0 Å². The third-order valence-electron chi connectivity index (χ3n) is 2.77. The standard InChI is InChI=1S/C15H24N2O2/c1-3-5-6-7-12-16-13-8-10-14(11-9-13)17-15(18)19-4-2/h8-11,16H,3-7,12H2,1-2H3,(H,17,18). The lowest BCUT2D eigenvalue weighted by atomic mass is 10.2. The molecule has 1 amide bonds. The molecule has 0 aliphatic heterocycles. The number of hydrogen-bond donors (Lipinski definition) is 2. The summed E-state index contributed by atoms with van der Waals surface area (Å²) in [6.07, 6.45) is 4.60. The molecule has 1 aromatic rings. The second kappa shape index (κ2) is 9.25. The molecule has 0 atom stereocenters. The first-order chi connectivity index (χ1) is 9.26. The molecule has 0 aromatic heterocycles. The topological polar surface area (TPSA) is 50.4 Å². The van der Waals surface area contributed by atoms with Crippen molar-refractivity contribution in [2.45, 2.75) is 39.5 Å². The van der Waals surface area contributed by atoms with Crippen LogP contribution in [0.15, 0.2) is 24.3 Å². The van der Waals surface area contributed by atoms with E-state index >= 15 is 0 Å². The van der Waals surface area contributed by atoms with Crippen molar-refractivity contribution in [3.8, 4) is 0 Å². The van der Waals surface area contributed by atoms with Crippen LogP contribution in [0.3, 0.4) is 0 Å². The van der Waals surface area contributed by atoms with Gasteiger partial charge in [0.05, 0.1) is 6.61 Å². The smallest absolute Gasteiger partial charge is 0.411 e. The van der Waals surface area contributed by atoms with Crippen LogP contribution < -0.4 is 10.6 Å². The maximum absolute atomic E-state index is 11.2. The van der Waals surface area contributed by atoms with Crippen LogP contribution in [0, 0.1) is 0 Å². The number of anilines is 2. The monoisotopic (exact) mass is 264 g/mol. The lowest BCUT2D eigenvalue weighted by molar-refractivity contribution is 0.168. The van der Waals surface area contributed by atoms with E-state index in [1.807, 2.05) is 24.3 Å². The molecule has 106 valence electrons. The number of carbonyl (C=O) groups excluding carboxylic acids is 1. The highest BCUT2D eigenvalue weighted by atomic mass is 16.5. The quantitative estimate of drug-likeness (QED) is 0.690. The zero-order chi connectivity index (χ0) is 13.9. The van der Waals surface area contributed by atoms with E-state index in [0.29, 0.717) is 6.61 Å². The minimum absolute atomic E-state index is 0.378. The Labute approximate surface area is 115 Å². The van der Waals surface area contributed by atoms with Gasteiger partial charge < -0.3 is 10.1 Å². The molecule has 1 aromatic carbocycles. The Balaban J connectivity index is 2.29. The van der Waals surface area contributed by atoms with E-state index < -0.39 is 6.09 Å². The summed E-state index contributed by atoms with van der Waals surface area (Å²) in [5.41, 5.74) is 1.82. The first-order valence-corrected chi connectivity index (χ1v) is 7.04. The summed E-state index contributed by atoms with van der Waals surface area (Å²) in [4.78, 5) is 11.2. The molecule has 0 radical (unpaired) electrons. The van der Waals surface area contributed by atoms with E-state index in [0.717, 1.165) is 17.9 Å². The molecule has 4 heteroatoms. The molecule has 4 nitrogen and oxygen atoms in total. The highest BCUT2D eigenvalue weighted by Gasteiger charge is 2.01. The molecule has 0 heterocycles. The summed E-state index contributed by atoms with van der Waals surface area (Å²) in [5, 5.41) is 6.03. The largest absolute Gasteiger partial charge is 0.450 e. The first-order valence-electron chi connectivity index (χ1n) is 7.04. The molecule has 2 N–H and O–H groups in total. The average Bonchev–Trinajstić information content (AvgIpc) is 2.41. The predicted molar refractivity (Wildman–Crippen MR) is 79.7 cm³/mol. The third-order valence-corrected chi connectivity index (χ3v) is 2.77. The Bertz CT molecular complexity index is 363. The lowest BCUT2D eigenvalue weighted by Gasteiger charge is -2.08. The van der Waals surface area contributed by atoms with Gasteiger partial charge in [0.25, 0.3) is 0 Å². The molecule has 19 heavy (non-hydrogen) atoms. The Morgan fingerprint density at radius 1 is 1.05 bits per heavy atom. The molecular weight excluding hydrogens is 240 g/mol. The first kappa shape index (κ1) is 15.3. The van der Waals surface area contributed by atoms with Crippen molar-refractivity contribution >= 4 is 17.5 Å². The second-order valence-corrected chi connectivity index (χ2v) is 4.41. The van der Waals surface area contributed by atoms with Gasteiger partial charge in [-0.05, 0) is 37.6 Å². The zero-order valence-corrected chi connectivity index (χ0v) is 11.9. The fourth-order valence-corrected chi connectivity index (χ4v) is 1.74. The van der Waals surface area contributed by atoms with E-state index in [4.69, 9.17) is 4.74 Å². The Kier molecular flexibility index (Phi) is 7.47. The summed E-state index contributed by atoms with van der Waals surface area (Å²) in [5.74, 6) is 0. The number of hydrogen-bond acceptors (Lipinski definition) is 3. The summed E-state index contributed by atoms with van der Waals surface area (Å²) >= 11 is 0. The number of ether oxygens (including phenoxy) is 1. The molecule has 1 rings (SSSR count). The van der Waals surface area contributed by atoms with Gasteiger partial charge in [0.2, 0.25) is 0 Å².